The molecule has 21 heavy (non-hydrogen) atoms. The summed E-state index contributed by atoms with van der Waals surface area (Å²) < 4.78 is 15.3. The maximum absolute atomic E-state index is 13.0. The van der Waals surface area contributed by atoms with E-state index < -0.39 is 5.97 Å². The topological polar surface area (TPSA) is 54.6 Å². The van der Waals surface area contributed by atoms with Gasteiger partial charge in [-0.1, -0.05) is 0 Å². The highest BCUT2D eigenvalue weighted by molar-refractivity contribution is 9.10. The van der Waals surface area contributed by atoms with E-state index in [1.54, 1.807) is 12.3 Å². The lowest BCUT2D eigenvalue weighted by Crippen LogP contribution is -2.04. The van der Waals surface area contributed by atoms with Crippen LogP contribution in [-0.2, 0) is 0 Å². The predicted octanol–water partition coefficient (Wildman–Crippen LogP) is 3.91. The van der Waals surface area contributed by atoms with Gasteiger partial charge in [0, 0.05) is 16.2 Å². The first-order chi connectivity index (χ1) is 9.97. The minimum atomic E-state index is -1.09. The number of pyridine rings is 1. The van der Waals surface area contributed by atoms with Gasteiger partial charge in [0.1, 0.15) is 17.2 Å². The molecule has 0 saturated carbocycles. The van der Waals surface area contributed by atoms with Crippen LogP contribution in [0.5, 0.6) is 0 Å². The lowest BCUT2D eigenvalue weighted by molar-refractivity contribution is 0.0690. The summed E-state index contributed by atoms with van der Waals surface area (Å²) in [5.74, 6) is -1.46. The molecule has 4 nitrogen and oxygen atoms in total. The van der Waals surface area contributed by atoms with Crippen molar-refractivity contribution in [3.63, 3.8) is 0 Å². The summed E-state index contributed by atoms with van der Waals surface area (Å²) in [5, 5.41) is 9.48. The third kappa shape index (κ3) is 2.31. The van der Waals surface area contributed by atoms with Gasteiger partial charge in [-0.05, 0) is 58.7 Å². The fourth-order valence-corrected chi connectivity index (χ4v) is 2.49. The molecule has 0 unspecified atom stereocenters. The smallest absolute Gasteiger partial charge is 0.355 e. The SMILES string of the molecule is Cc1cc2nc(-c3ccc(F)cc3)c(C(=O)O)n2cc1Br. The second-order valence-corrected chi connectivity index (χ2v) is 5.51. The van der Waals surface area contributed by atoms with E-state index in [9.17, 15) is 14.3 Å². The zero-order valence-electron chi connectivity index (χ0n) is 11.0. The second kappa shape index (κ2) is 4.96. The molecule has 6 heteroatoms. The lowest BCUT2D eigenvalue weighted by Gasteiger charge is -2.02. The Morgan fingerprint density at radius 3 is 2.62 bits per heavy atom. The highest BCUT2D eigenvalue weighted by Gasteiger charge is 2.20. The van der Waals surface area contributed by atoms with Crippen LogP contribution in [0.15, 0.2) is 41.0 Å². The van der Waals surface area contributed by atoms with Gasteiger partial charge >= 0.3 is 5.97 Å². The Hall–Kier alpha value is -2.21. The molecule has 0 aliphatic rings. The molecular formula is C15H10BrFN2O2. The van der Waals surface area contributed by atoms with Crippen molar-refractivity contribution in [2.24, 2.45) is 0 Å². The van der Waals surface area contributed by atoms with Crippen LogP contribution in [-0.4, -0.2) is 20.5 Å². The summed E-state index contributed by atoms with van der Waals surface area (Å²) in [6.07, 6.45) is 1.67. The maximum Gasteiger partial charge on any atom is 0.355 e. The Balaban J connectivity index is 2.34. The van der Waals surface area contributed by atoms with Crippen LogP contribution in [0.2, 0.25) is 0 Å². The van der Waals surface area contributed by atoms with Crippen LogP contribution >= 0.6 is 15.9 Å². The lowest BCUT2D eigenvalue weighted by atomic mass is 10.1. The molecule has 2 aromatic heterocycles. The molecule has 0 fully saturated rings. The minimum absolute atomic E-state index is 0.0531. The molecule has 1 N–H and O–H groups in total. The van der Waals surface area contributed by atoms with Crippen molar-refractivity contribution in [1.29, 1.82) is 0 Å². The van der Waals surface area contributed by atoms with Crippen LogP contribution < -0.4 is 0 Å². The van der Waals surface area contributed by atoms with Gasteiger partial charge in [-0.15, -0.1) is 0 Å². The van der Waals surface area contributed by atoms with Gasteiger partial charge in [0.05, 0.1) is 0 Å². The number of carboxylic acids is 1. The first-order valence-electron chi connectivity index (χ1n) is 6.15. The molecule has 3 rings (SSSR count). The normalized spacial score (nSPS) is 11.0. The summed E-state index contributed by atoms with van der Waals surface area (Å²) >= 11 is 3.38. The van der Waals surface area contributed by atoms with E-state index in [2.05, 4.69) is 20.9 Å². The van der Waals surface area contributed by atoms with Gasteiger partial charge in [-0.25, -0.2) is 14.2 Å². The fourth-order valence-electron chi connectivity index (χ4n) is 2.17. The maximum atomic E-state index is 13.0. The average molecular weight is 349 g/mol. The van der Waals surface area contributed by atoms with Gasteiger partial charge < -0.3 is 5.11 Å². The van der Waals surface area contributed by atoms with Crippen LogP contribution in [0.25, 0.3) is 16.9 Å². The Kier molecular flexibility index (Phi) is 3.25. The van der Waals surface area contributed by atoms with E-state index in [0.29, 0.717) is 16.9 Å². The molecule has 0 saturated heterocycles. The number of carbonyl (C=O) groups is 1. The van der Waals surface area contributed by atoms with E-state index in [-0.39, 0.29) is 11.5 Å². The van der Waals surface area contributed by atoms with Crippen molar-refractivity contribution in [1.82, 2.24) is 9.38 Å². The average Bonchev–Trinajstić information content (AvgIpc) is 2.78. The molecule has 0 aliphatic heterocycles. The van der Waals surface area contributed by atoms with Gasteiger partial charge in [0.2, 0.25) is 0 Å². The van der Waals surface area contributed by atoms with Crippen LogP contribution in [0.4, 0.5) is 4.39 Å². The minimum Gasteiger partial charge on any atom is -0.476 e. The number of halogens is 2. The zero-order chi connectivity index (χ0) is 15.1. The number of fused-ring (bicyclic) bond motifs is 1. The van der Waals surface area contributed by atoms with Crippen LogP contribution in [0, 0.1) is 12.7 Å². The van der Waals surface area contributed by atoms with Crippen LogP contribution in [0.1, 0.15) is 16.1 Å². The monoisotopic (exact) mass is 348 g/mol. The van der Waals surface area contributed by atoms with Gasteiger partial charge in [-0.3, -0.25) is 4.40 Å². The Labute approximate surface area is 128 Å². The summed E-state index contributed by atoms with van der Waals surface area (Å²) in [6.45, 7) is 1.90. The first-order valence-corrected chi connectivity index (χ1v) is 6.94. The number of benzene rings is 1. The third-order valence-corrected chi connectivity index (χ3v) is 4.05. The summed E-state index contributed by atoms with van der Waals surface area (Å²) in [4.78, 5) is 16.0. The molecule has 0 aliphatic carbocycles. The standard InChI is InChI=1S/C15H10BrFN2O2/c1-8-6-12-18-13(9-2-4-10(17)5-3-9)14(15(20)21)19(12)7-11(8)16/h2-7H,1H3,(H,20,21). The van der Waals surface area contributed by atoms with Crippen molar-refractivity contribution in [2.75, 3.05) is 0 Å². The highest BCUT2D eigenvalue weighted by Crippen LogP contribution is 2.27. The molecule has 0 spiro atoms. The van der Waals surface area contributed by atoms with E-state index in [1.165, 1.54) is 28.7 Å². The molecule has 0 amide bonds. The van der Waals surface area contributed by atoms with Crippen molar-refractivity contribution in [2.45, 2.75) is 6.92 Å². The number of hydrogen-bond donors (Lipinski definition) is 1. The molecule has 2 heterocycles. The fraction of sp³-hybridized carbons (Fsp3) is 0.0667. The predicted molar refractivity (Wildman–Crippen MR) is 80.0 cm³/mol. The van der Waals surface area contributed by atoms with Crippen molar-refractivity contribution >= 4 is 27.5 Å². The summed E-state index contributed by atoms with van der Waals surface area (Å²) in [7, 11) is 0. The number of nitrogens with zero attached hydrogens (tertiary/aromatic N) is 2. The second-order valence-electron chi connectivity index (χ2n) is 4.65. The Morgan fingerprint density at radius 2 is 2.00 bits per heavy atom. The first kappa shape index (κ1) is 13.8. The zero-order valence-corrected chi connectivity index (χ0v) is 12.6. The number of hydrogen-bond acceptors (Lipinski definition) is 2. The van der Waals surface area contributed by atoms with E-state index in [1.807, 2.05) is 6.92 Å². The van der Waals surface area contributed by atoms with E-state index in [4.69, 9.17) is 0 Å². The summed E-state index contributed by atoms with van der Waals surface area (Å²) in [5.41, 5.74) is 2.42. The van der Waals surface area contributed by atoms with Crippen molar-refractivity contribution < 1.29 is 14.3 Å². The molecule has 0 radical (unpaired) electrons. The Morgan fingerprint density at radius 1 is 1.33 bits per heavy atom. The molecule has 106 valence electrons. The number of imidazole rings is 1. The van der Waals surface area contributed by atoms with Gasteiger partial charge in [0.25, 0.3) is 0 Å². The Bertz CT molecular complexity index is 856. The number of aromatic nitrogens is 2. The van der Waals surface area contributed by atoms with E-state index in [0.717, 1.165) is 10.0 Å². The van der Waals surface area contributed by atoms with Crippen molar-refractivity contribution in [3.8, 4) is 11.3 Å². The van der Waals surface area contributed by atoms with E-state index >= 15 is 0 Å². The summed E-state index contributed by atoms with van der Waals surface area (Å²) in [6, 6.07) is 7.40. The van der Waals surface area contributed by atoms with Crippen LogP contribution in [0.3, 0.4) is 0 Å². The van der Waals surface area contributed by atoms with Gasteiger partial charge in [0.15, 0.2) is 5.69 Å². The largest absolute Gasteiger partial charge is 0.476 e. The highest BCUT2D eigenvalue weighted by atomic mass is 79.9. The molecule has 1 aromatic carbocycles. The number of aryl methyl sites for hydroxylation is 1. The number of carboxylic acid groups (broad SMARTS) is 1. The molecule has 0 bridgehead atoms. The van der Waals surface area contributed by atoms with Gasteiger partial charge in [-0.2, -0.15) is 0 Å². The third-order valence-electron chi connectivity index (χ3n) is 3.22. The quantitative estimate of drug-likeness (QED) is 0.763. The number of rotatable bonds is 2. The van der Waals surface area contributed by atoms with Crippen molar-refractivity contribution in [3.05, 3.63) is 58.1 Å². The molecule has 0 atom stereocenters. The molecule has 3 aromatic rings. The molecular weight excluding hydrogens is 339 g/mol. The number of aromatic carboxylic acids is 1.